The van der Waals surface area contributed by atoms with Crippen LogP contribution in [0.5, 0.6) is 0 Å². The summed E-state index contributed by atoms with van der Waals surface area (Å²) < 4.78 is 27.3. The number of benzene rings is 3. The van der Waals surface area contributed by atoms with Gasteiger partial charge in [0.15, 0.2) is 10.7 Å². The molecule has 0 saturated heterocycles. The first-order valence-electron chi connectivity index (χ1n) is 8.54. The third-order valence-electron chi connectivity index (χ3n) is 4.66. The monoisotopic (exact) mass is 423 g/mol. The van der Waals surface area contributed by atoms with Crippen LogP contribution in [0.2, 0.25) is 5.02 Å². The lowest BCUT2D eigenvalue weighted by Gasteiger charge is -2.06. The van der Waals surface area contributed by atoms with Gasteiger partial charge in [-0.05, 0) is 29.7 Å². The van der Waals surface area contributed by atoms with Crippen LogP contribution in [0.1, 0.15) is 5.69 Å². The molecule has 6 nitrogen and oxygen atoms in total. The van der Waals surface area contributed by atoms with Gasteiger partial charge in [-0.25, -0.2) is 8.42 Å². The fourth-order valence-electron chi connectivity index (χ4n) is 3.34. The maximum absolute atomic E-state index is 12.9. The topological polar surface area (TPSA) is 96.0 Å². The second-order valence-corrected chi connectivity index (χ2v) is 8.67. The summed E-state index contributed by atoms with van der Waals surface area (Å²) >= 11 is 6.38. The van der Waals surface area contributed by atoms with Gasteiger partial charge in [-0.2, -0.15) is 10.4 Å². The number of hydrogen-bond donors (Lipinski definition) is 1. The molecule has 0 fully saturated rings. The van der Waals surface area contributed by atoms with Crippen molar-refractivity contribution in [1.82, 2.24) is 9.78 Å². The van der Waals surface area contributed by atoms with Gasteiger partial charge in [0, 0.05) is 17.8 Å². The largest absolute Gasteiger partial charge is 0.504 e. The fraction of sp³-hybridized carbons (Fsp3) is 0.0476. The molecule has 0 saturated carbocycles. The van der Waals surface area contributed by atoms with E-state index in [2.05, 4.69) is 5.10 Å². The number of aliphatic hydroxyl groups is 1. The highest BCUT2D eigenvalue weighted by Crippen LogP contribution is 2.35. The molecular formula is C21H14ClN3O3S. The van der Waals surface area contributed by atoms with Crippen molar-refractivity contribution in [3.8, 4) is 6.07 Å². The van der Waals surface area contributed by atoms with E-state index >= 15 is 0 Å². The number of allylic oxidation sites excluding steroid dienone is 1. The summed E-state index contributed by atoms with van der Waals surface area (Å²) in [5.41, 5.74) is 0.629. The number of nitrogens with zero attached hydrogens (tertiary/aromatic N) is 3. The Morgan fingerprint density at radius 1 is 1.10 bits per heavy atom. The molecule has 1 N–H and O–H groups in total. The molecule has 3 aromatic carbocycles. The highest BCUT2D eigenvalue weighted by atomic mass is 35.5. The van der Waals surface area contributed by atoms with E-state index in [1.807, 2.05) is 12.1 Å². The zero-order valence-electron chi connectivity index (χ0n) is 15.2. The second-order valence-electron chi connectivity index (χ2n) is 6.38. The molecule has 0 spiro atoms. The minimum absolute atomic E-state index is 0.000348. The Labute approximate surface area is 171 Å². The number of aryl methyl sites for hydroxylation is 1. The molecule has 4 aromatic rings. The molecule has 4 rings (SSSR count). The number of rotatable bonds is 3. The summed E-state index contributed by atoms with van der Waals surface area (Å²) in [5.74, 6) is -0.701. The summed E-state index contributed by atoms with van der Waals surface area (Å²) in [6.07, 6.45) is 0. The smallest absolute Gasteiger partial charge is 0.220 e. The minimum atomic E-state index is -4.22. The van der Waals surface area contributed by atoms with Crippen molar-refractivity contribution in [1.29, 1.82) is 5.26 Å². The van der Waals surface area contributed by atoms with Gasteiger partial charge >= 0.3 is 0 Å². The van der Waals surface area contributed by atoms with Crippen LogP contribution in [0.25, 0.3) is 27.4 Å². The number of sulfone groups is 1. The Kier molecular flexibility index (Phi) is 4.53. The van der Waals surface area contributed by atoms with E-state index in [1.165, 1.54) is 16.8 Å². The zero-order chi connectivity index (χ0) is 20.8. The first-order valence-corrected chi connectivity index (χ1v) is 10.4. The van der Waals surface area contributed by atoms with Crippen LogP contribution in [0.3, 0.4) is 0 Å². The summed E-state index contributed by atoms with van der Waals surface area (Å²) in [6, 6.07) is 18.1. The Morgan fingerprint density at radius 2 is 1.83 bits per heavy atom. The summed E-state index contributed by atoms with van der Waals surface area (Å²) in [5, 5.41) is 27.2. The molecule has 29 heavy (non-hydrogen) atoms. The summed E-state index contributed by atoms with van der Waals surface area (Å²) in [6.45, 7) is 0. The number of fused-ring (bicyclic) bond motifs is 3. The van der Waals surface area contributed by atoms with E-state index in [-0.39, 0.29) is 10.6 Å². The van der Waals surface area contributed by atoms with Crippen LogP contribution in [0, 0.1) is 11.3 Å². The van der Waals surface area contributed by atoms with Crippen LogP contribution in [-0.2, 0) is 16.9 Å². The maximum atomic E-state index is 12.9. The van der Waals surface area contributed by atoms with Gasteiger partial charge in [0.2, 0.25) is 9.84 Å². The third kappa shape index (κ3) is 2.94. The Bertz CT molecular complexity index is 1450. The van der Waals surface area contributed by atoms with Gasteiger partial charge in [0.25, 0.3) is 0 Å². The average Bonchev–Trinajstić information content (AvgIpc) is 3.06. The van der Waals surface area contributed by atoms with E-state index in [0.717, 1.165) is 10.8 Å². The van der Waals surface area contributed by atoms with Crippen molar-refractivity contribution < 1.29 is 13.5 Å². The Balaban J connectivity index is 2.04. The summed E-state index contributed by atoms with van der Waals surface area (Å²) in [4.78, 5) is -0.847. The van der Waals surface area contributed by atoms with Gasteiger partial charge in [-0.3, -0.25) is 4.68 Å². The van der Waals surface area contributed by atoms with Crippen LogP contribution in [0.15, 0.2) is 70.5 Å². The van der Waals surface area contributed by atoms with Gasteiger partial charge in [0.1, 0.15) is 11.8 Å². The maximum Gasteiger partial charge on any atom is 0.220 e. The SMILES string of the molecule is Cn1nc(/C(O)=C(\C#N)S(=O)(=O)c2ccccc2)c2ccc3cccc(Cl)c3c21. The third-order valence-corrected chi connectivity index (χ3v) is 6.69. The van der Waals surface area contributed by atoms with E-state index in [9.17, 15) is 18.8 Å². The van der Waals surface area contributed by atoms with Crippen LogP contribution in [-0.4, -0.2) is 23.3 Å². The highest BCUT2D eigenvalue weighted by Gasteiger charge is 2.28. The average molecular weight is 424 g/mol. The molecule has 0 aliphatic heterocycles. The first-order chi connectivity index (χ1) is 13.9. The van der Waals surface area contributed by atoms with E-state index < -0.39 is 20.5 Å². The van der Waals surface area contributed by atoms with Crippen molar-refractivity contribution in [2.45, 2.75) is 4.90 Å². The molecule has 8 heteroatoms. The molecule has 0 amide bonds. The minimum Gasteiger partial charge on any atom is -0.504 e. The van der Waals surface area contributed by atoms with Crippen molar-refractivity contribution in [3.63, 3.8) is 0 Å². The Morgan fingerprint density at radius 3 is 2.52 bits per heavy atom. The van der Waals surface area contributed by atoms with Crippen molar-refractivity contribution in [3.05, 3.63) is 76.3 Å². The van der Waals surface area contributed by atoms with Gasteiger partial charge in [-0.1, -0.05) is 48.0 Å². The van der Waals surface area contributed by atoms with E-state index in [0.29, 0.717) is 15.9 Å². The summed E-state index contributed by atoms with van der Waals surface area (Å²) in [7, 11) is -2.55. The van der Waals surface area contributed by atoms with Gasteiger partial charge in [-0.15, -0.1) is 0 Å². The molecule has 1 aromatic heterocycles. The standard InChI is InChI=1S/C21H14ClN3O3S/c1-25-20-15(11-10-13-6-5-9-16(22)18(13)20)19(24-25)21(26)17(12-23)29(27,28)14-7-3-2-4-8-14/h2-11,26H,1H3/b21-17-. The quantitative estimate of drug-likeness (QED) is 0.383. The number of nitriles is 1. The molecule has 0 unspecified atom stereocenters. The molecule has 144 valence electrons. The lowest BCUT2D eigenvalue weighted by molar-refractivity contribution is 0.505. The molecule has 0 radical (unpaired) electrons. The first kappa shape index (κ1) is 19.0. The number of hydrogen-bond acceptors (Lipinski definition) is 5. The zero-order valence-corrected chi connectivity index (χ0v) is 16.7. The molecule has 0 aliphatic carbocycles. The molecule has 0 aliphatic rings. The molecule has 0 bridgehead atoms. The van der Waals surface area contributed by atoms with Crippen LogP contribution in [0.4, 0.5) is 0 Å². The molecule has 1 heterocycles. The molecular weight excluding hydrogens is 410 g/mol. The fourth-order valence-corrected chi connectivity index (χ4v) is 4.83. The number of aromatic nitrogens is 2. The number of halogens is 1. The van der Waals surface area contributed by atoms with Crippen molar-refractivity contribution in [2.75, 3.05) is 0 Å². The molecule has 0 atom stereocenters. The number of aliphatic hydroxyl groups excluding tert-OH is 1. The predicted octanol–water partition coefficient (Wildman–Crippen LogP) is 4.60. The van der Waals surface area contributed by atoms with Gasteiger partial charge in [0.05, 0.1) is 15.4 Å². The lowest BCUT2D eigenvalue weighted by Crippen LogP contribution is -2.07. The highest BCUT2D eigenvalue weighted by molar-refractivity contribution is 7.95. The Hall–Kier alpha value is -3.34. The second kappa shape index (κ2) is 6.92. The van der Waals surface area contributed by atoms with Crippen molar-refractivity contribution >= 4 is 48.9 Å². The van der Waals surface area contributed by atoms with Gasteiger partial charge < -0.3 is 5.11 Å². The predicted molar refractivity (Wildman–Crippen MR) is 112 cm³/mol. The van der Waals surface area contributed by atoms with E-state index in [1.54, 1.807) is 49.5 Å². The van der Waals surface area contributed by atoms with Crippen LogP contribution >= 0.6 is 11.6 Å². The van der Waals surface area contributed by atoms with Crippen molar-refractivity contribution in [2.24, 2.45) is 7.05 Å². The lowest BCUT2D eigenvalue weighted by atomic mass is 10.1. The van der Waals surface area contributed by atoms with E-state index in [4.69, 9.17) is 11.6 Å². The van der Waals surface area contributed by atoms with Crippen LogP contribution < -0.4 is 0 Å². The normalized spacial score (nSPS) is 12.7.